The molecule has 228 valence electrons. The smallest absolute Gasteiger partial charge is 0.251 e. The highest BCUT2D eigenvalue weighted by atomic mass is 32.2. The first-order valence-corrected chi connectivity index (χ1v) is 16.4. The average molecular weight is 646 g/mol. The Balaban J connectivity index is 1.56. The number of aromatic nitrogens is 4. The standard InChI is InChI=1S/C27H31N7O6S3/c1-5-33(6-2)43(37,38)20-10-7-18(8-11-20)25(36)29-16-23-31-32-27(42-17-24(35)30-26-28-13-14-41-26)34(23)21-15-19(39-3)9-12-22(21)40-4/h7-15H,5-6,16-17H2,1-4H3,(H,29,36)(H,28,30,35). The van der Waals surface area contributed by atoms with Crippen molar-refractivity contribution in [1.29, 1.82) is 0 Å². The number of hydrogen-bond acceptors (Lipinski definition) is 11. The first-order valence-electron chi connectivity index (χ1n) is 13.1. The van der Waals surface area contributed by atoms with Gasteiger partial charge in [-0.15, -0.1) is 21.5 Å². The van der Waals surface area contributed by atoms with E-state index < -0.39 is 15.9 Å². The number of methoxy groups -OCH3 is 2. The lowest BCUT2D eigenvalue weighted by molar-refractivity contribution is -0.113. The van der Waals surface area contributed by atoms with Gasteiger partial charge in [-0.25, -0.2) is 13.4 Å². The van der Waals surface area contributed by atoms with Crippen molar-refractivity contribution in [3.05, 3.63) is 65.4 Å². The minimum absolute atomic E-state index is 0.0269. The Labute approximate surface area is 257 Å². The van der Waals surface area contributed by atoms with Crippen LogP contribution in [0.2, 0.25) is 0 Å². The number of hydrogen-bond donors (Lipinski definition) is 2. The minimum Gasteiger partial charge on any atom is -0.497 e. The van der Waals surface area contributed by atoms with E-state index in [1.807, 2.05) is 0 Å². The van der Waals surface area contributed by atoms with E-state index in [0.717, 1.165) is 11.8 Å². The van der Waals surface area contributed by atoms with Gasteiger partial charge >= 0.3 is 0 Å². The lowest BCUT2D eigenvalue weighted by Gasteiger charge is -2.18. The van der Waals surface area contributed by atoms with Gasteiger partial charge in [0.1, 0.15) is 11.5 Å². The Bertz CT molecular complexity index is 1650. The van der Waals surface area contributed by atoms with E-state index in [-0.39, 0.29) is 28.7 Å². The largest absolute Gasteiger partial charge is 0.497 e. The molecule has 0 aliphatic rings. The number of amides is 2. The Morgan fingerprint density at radius 2 is 1.79 bits per heavy atom. The number of benzene rings is 2. The van der Waals surface area contributed by atoms with E-state index in [9.17, 15) is 18.0 Å². The highest BCUT2D eigenvalue weighted by molar-refractivity contribution is 7.99. The second-order valence-corrected chi connectivity index (χ2v) is 12.5. The molecule has 0 saturated heterocycles. The fourth-order valence-corrected chi connectivity index (χ4v) is 6.81. The van der Waals surface area contributed by atoms with Gasteiger partial charge in [0.2, 0.25) is 15.9 Å². The molecule has 2 heterocycles. The maximum absolute atomic E-state index is 13.0. The molecule has 0 atom stereocenters. The molecule has 0 bridgehead atoms. The van der Waals surface area contributed by atoms with Crippen molar-refractivity contribution in [3.8, 4) is 17.2 Å². The van der Waals surface area contributed by atoms with Gasteiger partial charge in [-0.2, -0.15) is 4.31 Å². The van der Waals surface area contributed by atoms with Crippen LogP contribution in [0.1, 0.15) is 30.0 Å². The van der Waals surface area contributed by atoms with Crippen LogP contribution in [0.15, 0.2) is 64.1 Å². The summed E-state index contributed by atoms with van der Waals surface area (Å²) in [4.78, 5) is 29.7. The molecule has 2 amide bonds. The maximum atomic E-state index is 13.0. The molecule has 16 heteroatoms. The van der Waals surface area contributed by atoms with Crippen LogP contribution in [0.4, 0.5) is 5.13 Å². The van der Waals surface area contributed by atoms with Gasteiger partial charge in [-0.3, -0.25) is 14.2 Å². The number of nitrogens with zero attached hydrogens (tertiary/aromatic N) is 5. The Hall–Kier alpha value is -3.99. The third-order valence-corrected chi connectivity index (χ3v) is 9.89. The van der Waals surface area contributed by atoms with Crippen LogP contribution in [-0.4, -0.2) is 77.3 Å². The monoisotopic (exact) mass is 645 g/mol. The number of carbonyl (C=O) groups excluding carboxylic acids is 2. The summed E-state index contributed by atoms with van der Waals surface area (Å²) in [5, 5.41) is 16.7. The predicted molar refractivity (Wildman–Crippen MR) is 164 cm³/mol. The van der Waals surface area contributed by atoms with E-state index in [1.54, 1.807) is 48.2 Å². The molecule has 2 aromatic carbocycles. The van der Waals surface area contributed by atoms with Gasteiger partial charge in [0.25, 0.3) is 5.91 Å². The summed E-state index contributed by atoms with van der Waals surface area (Å²) in [6, 6.07) is 11.0. The normalized spacial score (nSPS) is 11.4. The van der Waals surface area contributed by atoms with Crippen molar-refractivity contribution in [2.45, 2.75) is 30.4 Å². The van der Waals surface area contributed by atoms with Crippen molar-refractivity contribution in [2.75, 3.05) is 38.4 Å². The maximum Gasteiger partial charge on any atom is 0.251 e. The first kappa shape index (κ1) is 31.9. The summed E-state index contributed by atoms with van der Waals surface area (Å²) in [5.41, 5.74) is 0.821. The van der Waals surface area contributed by atoms with Crippen molar-refractivity contribution in [2.24, 2.45) is 0 Å². The summed E-state index contributed by atoms with van der Waals surface area (Å²) in [7, 11) is -0.586. The molecule has 4 rings (SSSR count). The number of sulfonamides is 1. The summed E-state index contributed by atoms with van der Waals surface area (Å²) in [6.07, 6.45) is 1.60. The number of ether oxygens (including phenoxy) is 2. The first-order chi connectivity index (χ1) is 20.7. The molecule has 4 aromatic rings. The van der Waals surface area contributed by atoms with Crippen molar-refractivity contribution >= 4 is 50.1 Å². The highest BCUT2D eigenvalue weighted by Gasteiger charge is 2.23. The molecule has 43 heavy (non-hydrogen) atoms. The zero-order chi connectivity index (χ0) is 31.0. The molecule has 0 radical (unpaired) electrons. The molecule has 0 aliphatic carbocycles. The number of nitrogens with one attached hydrogen (secondary N) is 2. The lowest BCUT2D eigenvalue weighted by atomic mass is 10.2. The Morgan fingerprint density at radius 3 is 2.42 bits per heavy atom. The Kier molecular flexibility index (Phi) is 10.7. The van der Waals surface area contributed by atoms with Crippen molar-refractivity contribution < 1.29 is 27.5 Å². The van der Waals surface area contributed by atoms with Gasteiger partial charge in [0.15, 0.2) is 16.1 Å². The van der Waals surface area contributed by atoms with E-state index in [0.29, 0.717) is 46.4 Å². The number of thiazole rings is 1. The summed E-state index contributed by atoms with van der Waals surface area (Å²) < 4.78 is 39.6. The quantitative estimate of drug-likeness (QED) is 0.195. The molecule has 2 aromatic heterocycles. The second kappa shape index (κ2) is 14.5. The van der Waals surface area contributed by atoms with Gasteiger partial charge in [-0.1, -0.05) is 25.6 Å². The molecular formula is C27H31N7O6S3. The molecule has 0 spiro atoms. The zero-order valence-electron chi connectivity index (χ0n) is 23.9. The lowest BCUT2D eigenvalue weighted by Crippen LogP contribution is -2.30. The third-order valence-electron chi connectivity index (χ3n) is 6.21. The van der Waals surface area contributed by atoms with E-state index in [1.165, 1.54) is 54.1 Å². The van der Waals surface area contributed by atoms with Crippen LogP contribution in [0, 0.1) is 0 Å². The van der Waals surface area contributed by atoms with Crippen molar-refractivity contribution in [1.82, 2.24) is 29.4 Å². The second-order valence-electron chi connectivity index (χ2n) is 8.74. The van der Waals surface area contributed by atoms with Gasteiger partial charge in [-0.05, 0) is 36.4 Å². The van der Waals surface area contributed by atoms with E-state index >= 15 is 0 Å². The molecular weight excluding hydrogens is 615 g/mol. The van der Waals surface area contributed by atoms with Crippen LogP contribution in [0.5, 0.6) is 11.5 Å². The van der Waals surface area contributed by atoms with E-state index in [4.69, 9.17) is 9.47 Å². The summed E-state index contributed by atoms with van der Waals surface area (Å²) in [5.74, 6) is 0.732. The number of thioether (sulfide) groups is 1. The van der Waals surface area contributed by atoms with Crippen LogP contribution in [-0.2, 0) is 21.4 Å². The molecule has 0 fully saturated rings. The number of anilines is 1. The van der Waals surface area contributed by atoms with Crippen LogP contribution in [0.25, 0.3) is 5.69 Å². The fraction of sp³-hybridized carbons (Fsp3) is 0.296. The summed E-state index contributed by atoms with van der Waals surface area (Å²) >= 11 is 2.46. The molecule has 0 saturated carbocycles. The average Bonchev–Trinajstić information content (AvgIpc) is 3.68. The third kappa shape index (κ3) is 7.51. The molecule has 13 nitrogen and oxygen atoms in total. The van der Waals surface area contributed by atoms with Crippen LogP contribution in [0.3, 0.4) is 0 Å². The SMILES string of the molecule is CCN(CC)S(=O)(=O)c1ccc(C(=O)NCc2nnc(SCC(=O)Nc3nccs3)n2-c2cc(OC)ccc2OC)cc1. The zero-order valence-corrected chi connectivity index (χ0v) is 26.4. The van der Waals surface area contributed by atoms with E-state index in [2.05, 4.69) is 25.8 Å². The topological polar surface area (TPSA) is 158 Å². The number of carbonyl (C=O) groups is 2. The van der Waals surface area contributed by atoms with Crippen molar-refractivity contribution in [3.63, 3.8) is 0 Å². The van der Waals surface area contributed by atoms with Gasteiger partial charge < -0.3 is 20.1 Å². The van der Waals surface area contributed by atoms with Crippen LogP contribution < -0.4 is 20.1 Å². The highest BCUT2D eigenvalue weighted by Crippen LogP contribution is 2.32. The predicted octanol–water partition coefficient (Wildman–Crippen LogP) is 3.43. The van der Waals surface area contributed by atoms with Gasteiger partial charge in [0.05, 0.1) is 37.1 Å². The Morgan fingerprint density at radius 1 is 1.05 bits per heavy atom. The fourth-order valence-electron chi connectivity index (χ4n) is 4.04. The summed E-state index contributed by atoms with van der Waals surface area (Å²) in [6.45, 7) is 4.19. The molecule has 0 aliphatic heterocycles. The number of rotatable bonds is 14. The van der Waals surface area contributed by atoms with Gasteiger partial charge in [0, 0.05) is 36.3 Å². The minimum atomic E-state index is -3.65. The molecule has 0 unspecified atom stereocenters. The molecule has 2 N–H and O–H groups in total. The van der Waals surface area contributed by atoms with Crippen LogP contribution >= 0.6 is 23.1 Å².